The van der Waals surface area contributed by atoms with Gasteiger partial charge in [0.25, 0.3) is 5.91 Å². The Labute approximate surface area is 122 Å². The molecule has 5 nitrogen and oxygen atoms in total. The van der Waals surface area contributed by atoms with Crippen LogP contribution in [-0.2, 0) is 12.8 Å². The topological polar surface area (TPSA) is 70.7 Å². The van der Waals surface area contributed by atoms with E-state index in [0.717, 1.165) is 36.4 Å². The number of nitrogens with zero attached hydrogens (tertiary/aromatic N) is 2. The second-order valence-corrected chi connectivity index (χ2v) is 5.99. The van der Waals surface area contributed by atoms with Crippen molar-refractivity contribution >= 4 is 17.2 Å². The summed E-state index contributed by atoms with van der Waals surface area (Å²) >= 11 is 1.58. The van der Waals surface area contributed by atoms with Crippen LogP contribution in [0, 0.1) is 6.92 Å². The van der Waals surface area contributed by atoms with Gasteiger partial charge in [0.2, 0.25) is 0 Å². The van der Waals surface area contributed by atoms with E-state index in [9.17, 15) is 4.79 Å². The quantitative estimate of drug-likeness (QED) is 0.770. The monoisotopic (exact) mass is 292 g/mol. The van der Waals surface area contributed by atoms with Crippen LogP contribution < -0.4 is 5.32 Å². The highest BCUT2D eigenvalue weighted by atomic mass is 32.1. The Morgan fingerprint density at radius 3 is 3.00 bits per heavy atom. The van der Waals surface area contributed by atoms with E-state index < -0.39 is 0 Å². The second-order valence-electron chi connectivity index (χ2n) is 4.73. The van der Waals surface area contributed by atoms with Gasteiger partial charge in [0, 0.05) is 17.8 Å². The summed E-state index contributed by atoms with van der Waals surface area (Å²) in [5.41, 5.74) is 1.30. The van der Waals surface area contributed by atoms with E-state index in [4.69, 9.17) is 0 Å². The van der Waals surface area contributed by atoms with Gasteiger partial charge in [-0.1, -0.05) is 13.3 Å². The minimum absolute atomic E-state index is 0.0259. The van der Waals surface area contributed by atoms with Gasteiger partial charge in [0.05, 0.1) is 4.88 Å². The molecule has 2 rings (SSSR count). The number of aromatic amines is 1. The molecule has 0 fully saturated rings. The van der Waals surface area contributed by atoms with E-state index in [1.54, 1.807) is 11.3 Å². The van der Waals surface area contributed by atoms with Gasteiger partial charge in [0.1, 0.15) is 12.2 Å². The number of aryl methyl sites for hydroxylation is 3. The maximum Gasteiger partial charge on any atom is 0.261 e. The molecule has 0 bridgehead atoms. The Balaban J connectivity index is 1.78. The molecule has 0 unspecified atom stereocenters. The van der Waals surface area contributed by atoms with Gasteiger partial charge in [-0.05, 0) is 31.4 Å². The fourth-order valence-corrected chi connectivity index (χ4v) is 3.03. The normalized spacial score (nSPS) is 10.7. The van der Waals surface area contributed by atoms with Crippen LogP contribution in [0.3, 0.4) is 0 Å². The average molecular weight is 292 g/mol. The molecule has 2 aromatic rings. The van der Waals surface area contributed by atoms with Crippen molar-refractivity contribution in [1.82, 2.24) is 20.5 Å². The molecule has 0 spiro atoms. The zero-order valence-electron chi connectivity index (χ0n) is 11.9. The molecule has 0 aliphatic carbocycles. The fourth-order valence-electron chi connectivity index (χ4n) is 2.05. The van der Waals surface area contributed by atoms with E-state index >= 15 is 0 Å². The molecule has 20 heavy (non-hydrogen) atoms. The van der Waals surface area contributed by atoms with E-state index in [0.29, 0.717) is 6.54 Å². The van der Waals surface area contributed by atoms with Crippen LogP contribution >= 0.6 is 11.3 Å². The molecular weight excluding hydrogens is 272 g/mol. The number of hydrogen-bond acceptors (Lipinski definition) is 4. The first-order chi connectivity index (χ1) is 9.70. The number of amides is 1. The van der Waals surface area contributed by atoms with Crippen molar-refractivity contribution in [1.29, 1.82) is 0 Å². The number of carbonyl (C=O) groups is 1. The van der Waals surface area contributed by atoms with Gasteiger partial charge >= 0.3 is 0 Å². The molecule has 2 N–H and O–H groups in total. The number of H-pyrrole nitrogens is 1. The largest absolute Gasteiger partial charge is 0.351 e. The van der Waals surface area contributed by atoms with Crippen molar-refractivity contribution in [3.05, 3.63) is 33.5 Å². The van der Waals surface area contributed by atoms with Gasteiger partial charge in [-0.15, -0.1) is 11.3 Å². The molecule has 2 aromatic heterocycles. The van der Waals surface area contributed by atoms with Crippen molar-refractivity contribution < 1.29 is 4.79 Å². The van der Waals surface area contributed by atoms with Crippen molar-refractivity contribution in [2.24, 2.45) is 0 Å². The van der Waals surface area contributed by atoms with Crippen LogP contribution in [0.15, 0.2) is 12.4 Å². The summed E-state index contributed by atoms with van der Waals surface area (Å²) in [5, 5.41) is 9.56. The third-order valence-electron chi connectivity index (χ3n) is 3.10. The second kappa shape index (κ2) is 7.19. The number of aromatic nitrogens is 3. The van der Waals surface area contributed by atoms with Crippen molar-refractivity contribution in [2.45, 2.75) is 39.5 Å². The van der Waals surface area contributed by atoms with Crippen molar-refractivity contribution in [3.8, 4) is 0 Å². The molecule has 108 valence electrons. The lowest BCUT2D eigenvalue weighted by molar-refractivity contribution is 0.0957. The van der Waals surface area contributed by atoms with Crippen LogP contribution in [0.25, 0.3) is 0 Å². The van der Waals surface area contributed by atoms with Crippen LogP contribution in [0.4, 0.5) is 0 Å². The first-order valence-corrected chi connectivity index (χ1v) is 7.74. The van der Waals surface area contributed by atoms with E-state index in [2.05, 4.69) is 34.3 Å². The van der Waals surface area contributed by atoms with Crippen LogP contribution in [-0.4, -0.2) is 27.6 Å². The number of hydrogen-bond donors (Lipinski definition) is 2. The predicted octanol–water partition coefficient (Wildman–Crippen LogP) is 2.49. The molecule has 0 atom stereocenters. The van der Waals surface area contributed by atoms with Gasteiger partial charge in [-0.25, -0.2) is 4.98 Å². The third-order valence-corrected chi connectivity index (χ3v) is 4.20. The molecule has 0 aliphatic rings. The number of carbonyl (C=O) groups excluding carboxylic acids is 1. The molecule has 1 amide bonds. The molecule has 0 aromatic carbocycles. The molecular formula is C14H20N4OS. The zero-order valence-corrected chi connectivity index (χ0v) is 12.7. The van der Waals surface area contributed by atoms with Crippen LogP contribution in [0.5, 0.6) is 0 Å². The Morgan fingerprint density at radius 1 is 1.45 bits per heavy atom. The highest BCUT2D eigenvalue weighted by Crippen LogP contribution is 2.22. The predicted molar refractivity (Wildman–Crippen MR) is 80.1 cm³/mol. The van der Waals surface area contributed by atoms with Crippen molar-refractivity contribution in [3.63, 3.8) is 0 Å². The Bertz CT molecular complexity index is 548. The lowest BCUT2D eigenvalue weighted by Gasteiger charge is -2.02. The average Bonchev–Trinajstić information content (AvgIpc) is 3.06. The maximum atomic E-state index is 12.0. The summed E-state index contributed by atoms with van der Waals surface area (Å²) in [6, 6.07) is 2.02. The maximum absolute atomic E-state index is 12.0. The Morgan fingerprint density at radius 2 is 2.30 bits per heavy atom. The minimum Gasteiger partial charge on any atom is -0.351 e. The molecule has 0 aliphatic heterocycles. The van der Waals surface area contributed by atoms with Gasteiger partial charge in [-0.3, -0.25) is 9.89 Å². The summed E-state index contributed by atoms with van der Waals surface area (Å²) < 4.78 is 0. The standard InChI is InChI=1S/C14H20N4OS/c1-3-5-11-8-12(20-10(11)2)14(19)15-7-4-6-13-16-9-17-18-13/h8-9H,3-7H2,1-2H3,(H,15,19)(H,16,17,18). The van der Waals surface area contributed by atoms with E-state index in [-0.39, 0.29) is 5.91 Å². The number of thiophene rings is 1. The Hall–Kier alpha value is -1.69. The lowest BCUT2D eigenvalue weighted by Crippen LogP contribution is -2.24. The van der Waals surface area contributed by atoms with Gasteiger partial charge in [-0.2, -0.15) is 5.10 Å². The molecule has 0 saturated heterocycles. The number of rotatable bonds is 7. The molecule has 6 heteroatoms. The summed E-state index contributed by atoms with van der Waals surface area (Å²) in [4.78, 5) is 18.1. The third kappa shape index (κ3) is 3.90. The Kier molecular flexibility index (Phi) is 5.29. The smallest absolute Gasteiger partial charge is 0.261 e. The summed E-state index contributed by atoms with van der Waals surface area (Å²) in [6.07, 6.45) is 5.30. The number of nitrogens with one attached hydrogen (secondary N) is 2. The zero-order chi connectivity index (χ0) is 14.4. The summed E-state index contributed by atoms with van der Waals surface area (Å²) in [6.45, 7) is 4.89. The minimum atomic E-state index is 0.0259. The highest BCUT2D eigenvalue weighted by molar-refractivity contribution is 7.14. The first-order valence-electron chi connectivity index (χ1n) is 6.92. The first kappa shape index (κ1) is 14.7. The van der Waals surface area contributed by atoms with E-state index in [1.807, 2.05) is 6.07 Å². The SMILES string of the molecule is CCCc1cc(C(=O)NCCCc2ncn[nH]2)sc1C. The highest BCUT2D eigenvalue weighted by Gasteiger charge is 2.11. The van der Waals surface area contributed by atoms with Gasteiger partial charge < -0.3 is 5.32 Å². The lowest BCUT2D eigenvalue weighted by atomic mass is 10.1. The van der Waals surface area contributed by atoms with E-state index in [1.165, 1.54) is 16.8 Å². The fraction of sp³-hybridized carbons (Fsp3) is 0.500. The van der Waals surface area contributed by atoms with Gasteiger partial charge in [0.15, 0.2) is 0 Å². The van der Waals surface area contributed by atoms with Crippen LogP contribution in [0.1, 0.15) is 45.7 Å². The summed E-state index contributed by atoms with van der Waals surface area (Å²) in [7, 11) is 0. The molecule has 0 radical (unpaired) electrons. The van der Waals surface area contributed by atoms with Crippen molar-refractivity contribution in [2.75, 3.05) is 6.54 Å². The summed E-state index contributed by atoms with van der Waals surface area (Å²) in [5.74, 6) is 0.884. The molecule has 2 heterocycles. The molecule has 0 saturated carbocycles. The van der Waals surface area contributed by atoms with Crippen LogP contribution in [0.2, 0.25) is 0 Å².